The molecule has 0 aliphatic carbocycles. The van der Waals surface area contributed by atoms with E-state index in [0.717, 1.165) is 30.5 Å². The molecule has 2 heterocycles. The molecule has 0 bridgehead atoms. The number of pyridine rings is 1. The number of ether oxygens (including phenoxy) is 5. The summed E-state index contributed by atoms with van der Waals surface area (Å²) in [6.07, 6.45) is 3.56. The molecule has 1 aliphatic rings. The molecule has 9 nitrogen and oxygen atoms in total. The van der Waals surface area contributed by atoms with Gasteiger partial charge in [0.05, 0.1) is 34.5 Å². The van der Waals surface area contributed by atoms with Crippen molar-refractivity contribution in [2.45, 2.75) is 39.8 Å². The fourth-order valence-electron chi connectivity index (χ4n) is 4.67. The van der Waals surface area contributed by atoms with Crippen LogP contribution in [0.15, 0.2) is 54.7 Å². The summed E-state index contributed by atoms with van der Waals surface area (Å²) < 4.78 is 28.7. The van der Waals surface area contributed by atoms with Gasteiger partial charge in [-0.1, -0.05) is 32.0 Å². The molecule has 1 amide bonds. The molecule has 0 atom stereocenters. The highest BCUT2D eigenvalue weighted by Gasteiger charge is 2.23. The van der Waals surface area contributed by atoms with E-state index in [1.807, 2.05) is 48.5 Å². The number of fused-ring (bicyclic) bond motifs is 2. The molecule has 0 spiro atoms. The Hall–Kier alpha value is -3.98. The number of hydrogen-bond donors (Lipinski definition) is 1. The largest absolute Gasteiger partial charge is 0.493 e. The Labute approximate surface area is 236 Å². The van der Waals surface area contributed by atoms with Gasteiger partial charge in [0, 0.05) is 24.8 Å². The molecular weight excluding hydrogens is 510 g/mol. The number of methoxy groups -OCH3 is 3. The first kappa shape index (κ1) is 29.0. The van der Waals surface area contributed by atoms with Crippen molar-refractivity contribution in [1.82, 2.24) is 15.2 Å². The van der Waals surface area contributed by atoms with Crippen LogP contribution >= 0.6 is 0 Å². The minimum Gasteiger partial charge on any atom is -0.493 e. The predicted octanol–water partition coefficient (Wildman–Crippen LogP) is 5.22. The van der Waals surface area contributed by atoms with E-state index >= 15 is 0 Å². The highest BCUT2D eigenvalue weighted by Crippen LogP contribution is 2.38. The van der Waals surface area contributed by atoms with Gasteiger partial charge in [-0.15, -0.1) is 0 Å². The van der Waals surface area contributed by atoms with Crippen molar-refractivity contribution in [3.05, 3.63) is 65.9 Å². The number of amides is 1. The van der Waals surface area contributed by atoms with Crippen LogP contribution in [0.25, 0.3) is 0 Å². The Morgan fingerprint density at radius 3 is 2.45 bits per heavy atom. The topological polar surface area (TPSA) is 91.4 Å². The van der Waals surface area contributed by atoms with Crippen molar-refractivity contribution in [3.8, 4) is 34.6 Å². The highest BCUT2D eigenvalue weighted by molar-refractivity contribution is 5.78. The van der Waals surface area contributed by atoms with E-state index in [0.29, 0.717) is 54.3 Å². The van der Waals surface area contributed by atoms with Gasteiger partial charge in [-0.3, -0.25) is 9.69 Å². The van der Waals surface area contributed by atoms with Crippen LogP contribution in [-0.4, -0.2) is 56.8 Å². The van der Waals surface area contributed by atoms with Gasteiger partial charge in [-0.05, 0) is 60.7 Å². The minimum atomic E-state index is -0.0858. The molecule has 40 heavy (non-hydrogen) atoms. The Kier molecular flexibility index (Phi) is 9.71. The van der Waals surface area contributed by atoms with Crippen molar-refractivity contribution in [3.63, 3.8) is 0 Å². The van der Waals surface area contributed by atoms with E-state index in [4.69, 9.17) is 23.7 Å². The molecule has 1 aliphatic heterocycles. The van der Waals surface area contributed by atoms with Crippen LogP contribution in [0.5, 0.6) is 34.6 Å². The second-order valence-electron chi connectivity index (χ2n) is 10.6. The Morgan fingerprint density at radius 1 is 1.02 bits per heavy atom. The van der Waals surface area contributed by atoms with Gasteiger partial charge in [0.25, 0.3) is 0 Å². The van der Waals surface area contributed by atoms with Crippen molar-refractivity contribution in [2.75, 3.05) is 41.0 Å². The lowest BCUT2D eigenvalue weighted by Crippen LogP contribution is -2.37. The fraction of sp³-hybridized carbons (Fsp3) is 0.419. The molecule has 0 radical (unpaired) electrons. The third kappa shape index (κ3) is 7.57. The minimum absolute atomic E-state index is 0.0489. The van der Waals surface area contributed by atoms with Crippen molar-refractivity contribution in [1.29, 1.82) is 0 Å². The first-order valence-corrected chi connectivity index (χ1v) is 13.4. The molecule has 1 aromatic heterocycles. The fourth-order valence-corrected chi connectivity index (χ4v) is 4.67. The van der Waals surface area contributed by atoms with Crippen LogP contribution in [0, 0.1) is 5.41 Å². The highest BCUT2D eigenvalue weighted by atomic mass is 16.5. The summed E-state index contributed by atoms with van der Waals surface area (Å²) in [6, 6.07) is 15.2. The predicted molar refractivity (Wildman–Crippen MR) is 152 cm³/mol. The number of rotatable bonds is 7. The summed E-state index contributed by atoms with van der Waals surface area (Å²) in [5, 5.41) is 3.04. The summed E-state index contributed by atoms with van der Waals surface area (Å²) in [5.74, 6) is 3.32. The van der Waals surface area contributed by atoms with Gasteiger partial charge in [0.2, 0.25) is 17.5 Å². The van der Waals surface area contributed by atoms with E-state index in [-0.39, 0.29) is 17.9 Å². The molecule has 0 saturated carbocycles. The van der Waals surface area contributed by atoms with E-state index in [1.165, 1.54) is 0 Å². The monoisotopic (exact) mass is 549 g/mol. The molecule has 4 rings (SSSR count). The van der Waals surface area contributed by atoms with E-state index in [2.05, 4.69) is 29.0 Å². The Bertz CT molecular complexity index is 1270. The first-order valence-electron chi connectivity index (χ1n) is 13.4. The molecule has 3 aromatic rings. The van der Waals surface area contributed by atoms with Crippen LogP contribution in [0.1, 0.15) is 37.8 Å². The van der Waals surface area contributed by atoms with Gasteiger partial charge in [0.15, 0.2) is 23.0 Å². The lowest BCUT2D eigenvalue weighted by Gasteiger charge is -2.27. The molecule has 2 aromatic carbocycles. The standard InChI is InChI=1S/C31H39N3O6/c1-31(2)13-9-15-34(20-28(35)33-18-22-16-26(36-3)29(38-5)27(17-22)37-4)19-23-10-8-14-32-30(23)40-25-12-7-6-11-24(25)39-21-31/h6-8,10-12,14,16-17H,9,13,15,18-21H2,1-5H3,(H,33,35). The Morgan fingerprint density at radius 2 is 1.75 bits per heavy atom. The normalized spacial score (nSPS) is 15.4. The lowest BCUT2D eigenvalue weighted by atomic mass is 9.88. The van der Waals surface area contributed by atoms with Gasteiger partial charge >= 0.3 is 0 Å². The SMILES string of the molecule is COc1cc(CNC(=O)CN2CCCC(C)(C)COc3ccccc3Oc3ncccc3C2)cc(OC)c1OC. The van der Waals surface area contributed by atoms with E-state index < -0.39 is 0 Å². The maximum atomic E-state index is 13.1. The van der Waals surface area contributed by atoms with Crippen LogP contribution in [-0.2, 0) is 17.9 Å². The second kappa shape index (κ2) is 13.4. The summed E-state index contributed by atoms with van der Waals surface area (Å²) in [7, 11) is 4.70. The van der Waals surface area contributed by atoms with E-state index in [1.54, 1.807) is 27.5 Å². The molecule has 0 fully saturated rings. The summed E-state index contributed by atoms with van der Waals surface area (Å²) in [5.41, 5.74) is 1.69. The summed E-state index contributed by atoms with van der Waals surface area (Å²) in [6.45, 7) is 6.75. The molecule has 214 valence electrons. The van der Waals surface area contributed by atoms with Crippen molar-refractivity contribution < 1.29 is 28.5 Å². The van der Waals surface area contributed by atoms with Crippen LogP contribution < -0.4 is 29.0 Å². The first-order chi connectivity index (χ1) is 19.3. The van der Waals surface area contributed by atoms with Gasteiger partial charge in [0.1, 0.15) is 0 Å². The average molecular weight is 550 g/mol. The smallest absolute Gasteiger partial charge is 0.234 e. The van der Waals surface area contributed by atoms with Crippen molar-refractivity contribution >= 4 is 5.91 Å². The quantitative estimate of drug-likeness (QED) is 0.429. The number of nitrogens with one attached hydrogen (secondary N) is 1. The number of para-hydroxylation sites is 2. The number of benzene rings is 2. The van der Waals surface area contributed by atoms with Crippen LogP contribution in [0.2, 0.25) is 0 Å². The number of nitrogens with zero attached hydrogens (tertiary/aromatic N) is 2. The molecular formula is C31H39N3O6. The number of hydrogen-bond acceptors (Lipinski definition) is 8. The second-order valence-corrected chi connectivity index (χ2v) is 10.6. The van der Waals surface area contributed by atoms with Crippen LogP contribution in [0.4, 0.5) is 0 Å². The number of aromatic nitrogens is 1. The molecule has 0 unspecified atom stereocenters. The molecule has 0 saturated heterocycles. The third-order valence-electron chi connectivity index (χ3n) is 6.83. The van der Waals surface area contributed by atoms with Gasteiger partial charge in [-0.25, -0.2) is 4.98 Å². The van der Waals surface area contributed by atoms with Crippen LogP contribution in [0.3, 0.4) is 0 Å². The zero-order chi connectivity index (χ0) is 28.5. The molecule has 9 heteroatoms. The van der Waals surface area contributed by atoms with Gasteiger partial charge < -0.3 is 29.0 Å². The zero-order valence-corrected chi connectivity index (χ0v) is 24.0. The summed E-state index contributed by atoms with van der Waals surface area (Å²) >= 11 is 0. The lowest BCUT2D eigenvalue weighted by molar-refractivity contribution is -0.122. The molecule has 1 N–H and O–H groups in total. The zero-order valence-electron chi connectivity index (χ0n) is 24.0. The third-order valence-corrected chi connectivity index (χ3v) is 6.83. The maximum Gasteiger partial charge on any atom is 0.234 e. The Balaban J connectivity index is 1.51. The van der Waals surface area contributed by atoms with Crippen molar-refractivity contribution in [2.24, 2.45) is 5.41 Å². The number of carbonyl (C=O) groups is 1. The summed E-state index contributed by atoms with van der Waals surface area (Å²) in [4.78, 5) is 19.8. The maximum absolute atomic E-state index is 13.1. The number of carbonyl (C=O) groups excluding carboxylic acids is 1. The van der Waals surface area contributed by atoms with Gasteiger partial charge in [-0.2, -0.15) is 0 Å². The van der Waals surface area contributed by atoms with E-state index in [9.17, 15) is 4.79 Å². The average Bonchev–Trinajstić information content (AvgIpc) is 2.96.